The van der Waals surface area contributed by atoms with E-state index in [0.29, 0.717) is 34.0 Å². The standard InChI is InChI=1S/C26H26Cl2N4/c1-15-11-24(32-22-8-10-30-26-14-18(28)4-6-20(22)26)16(2)12-23(15)31-21-7-9-29-25-13-17(27)3-5-19(21)25/h3-10,13-16,23-24H,11-12H2,1-2H3,(H,29,31)(H,30,32)/t15-,16-,23+,24+/m1/s1. The van der Waals surface area contributed by atoms with Crippen LogP contribution in [0.25, 0.3) is 21.8 Å². The van der Waals surface area contributed by atoms with Crippen LogP contribution in [-0.4, -0.2) is 22.1 Å². The van der Waals surface area contributed by atoms with E-state index in [-0.39, 0.29) is 0 Å². The van der Waals surface area contributed by atoms with Crippen molar-refractivity contribution < 1.29 is 0 Å². The lowest BCUT2D eigenvalue weighted by molar-refractivity contribution is 0.257. The van der Waals surface area contributed by atoms with Gasteiger partial charge in [-0.1, -0.05) is 37.0 Å². The maximum Gasteiger partial charge on any atom is 0.0737 e. The number of fused-ring (bicyclic) bond motifs is 2. The molecule has 4 atom stereocenters. The van der Waals surface area contributed by atoms with Crippen LogP contribution < -0.4 is 10.6 Å². The Morgan fingerprint density at radius 3 is 1.56 bits per heavy atom. The normalized spacial score (nSPS) is 23.4. The van der Waals surface area contributed by atoms with Crippen molar-refractivity contribution in [3.8, 4) is 0 Å². The summed E-state index contributed by atoms with van der Waals surface area (Å²) >= 11 is 12.3. The summed E-state index contributed by atoms with van der Waals surface area (Å²) in [7, 11) is 0. The van der Waals surface area contributed by atoms with Crippen molar-refractivity contribution in [3.63, 3.8) is 0 Å². The van der Waals surface area contributed by atoms with Crippen molar-refractivity contribution in [3.05, 3.63) is 71.0 Å². The summed E-state index contributed by atoms with van der Waals surface area (Å²) in [5, 5.41) is 11.3. The molecule has 6 heteroatoms. The van der Waals surface area contributed by atoms with Gasteiger partial charge in [-0.3, -0.25) is 9.97 Å². The van der Waals surface area contributed by atoms with Crippen molar-refractivity contribution in [1.29, 1.82) is 0 Å². The van der Waals surface area contributed by atoms with E-state index in [1.54, 1.807) is 0 Å². The second-order valence-electron chi connectivity index (χ2n) is 8.97. The molecule has 4 aromatic rings. The molecular weight excluding hydrogens is 439 g/mol. The maximum atomic E-state index is 6.15. The van der Waals surface area contributed by atoms with Crippen LogP contribution in [0.5, 0.6) is 0 Å². The fourth-order valence-electron chi connectivity index (χ4n) is 4.89. The highest BCUT2D eigenvalue weighted by atomic mass is 35.5. The molecule has 1 saturated carbocycles. The molecule has 2 aromatic carbocycles. The van der Waals surface area contributed by atoms with Crippen LogP contribution in [0.3, 0.4) is 0 Å². The third kappa shape index (κ3) is 4.22. The minimum atomic E-state index is 0.400. The van der Waals surface area contributed by atoms with Gasteiger partial charge in [-0.15, -0.1) is 0 Å². The number of hydrogen-bond acceptors (Lipinski definition) is 4. The zero-order chi connectivity index (χ0) is 22.2. The molecule has 0 aliphatic heterocycles. The predicted octanol–water partition coefficient (Wildman–Crippen LogP) is 7.42. The first-order chi connectivity index (χ1) is 15.5. The molecular formula is C26H26Cl2N4. The van der Waals surface area contributed by atoms with Crippen molar-refractivity contribution in [2.45, 2.75) is 38.8 Å². The Morgan fingerprint density at radius 1 is 0.688 bits per heavy atom. The van der Waals surface area contributed by atoms with E-state index in [0.717, 1.165) is 46.0 Å². The molecule has 0 bridgehead atoms. The van der Waals surface area contributed by atoms with Crippen LogP contribution in [0, 0.1) is 11.8 Å². The number of aromatic nitrogens is 2. The van der Waals surface area contributed by atoms with Crippen LogP contribution in [0.15, 0.2) is 60.9 Å². The number of nitrogens with zero attached hydrogens (tertiary/aromatic N) is 2. The van der Waals surface area contributed by atoms with E-state index in [1.807, 2.05) is 36.7 Å². The molecule has 164 valence electrons. The number of rotatable bonds is 4. The van der Waals surface area contributed by atoms with E-state index < -0.39 is 0 Å². The number of pyridine rings is 2. The van der Waals surface area contributed by atoms with E-state index in [4.69, 9.17) is 23.2 Å². The number of anilines is 2. The summed E-state index contributed by atoms with van der Waals surface area (Å²) in [6.07, 6.45) is 5.88. The van der Waals surface area contributed by atoms with Crippen LogP contribution in [0.1, 0.15) is 26.7 Å². The molecule has 1 aliphatic rings. The Kier molecular flexibility index (Phi) is 5.83. The minimum Gasteiger partial charge on any atom is -0.381 e. The lowest BCUT2D eigenvalue weighted by Gasteiger charge is -2.40. The first kappa shape index (κ1) is 21.3. The van der Waals surface area contributed by atoms with Crippen LogP contribution in [-0.2, 0) is 0 Å². The molecule has 0 amide bonds. The quantitative estimate of drug-likeness (QED) is 0.329. The van der Waals surface area contributed by atoms with Gasteiger partial charge in [0.1, 0.15) is 0 Å². The van der Waals surface area contributed by atoms with Crippen LogP contribution in [0.4, 0.5) is 11.4 Å². The lowest BCUT2D eigenvalue weighted by Crippen LogP contribution is -2.43. The van der Waals surface area contributed by atoms with Gasteiger partial charge in [0.05, 0.1) is 11.0 Å². The average Bonchev–Trinajstić information content (AvgIpc) is 2.77. The molecule has 5 rings (SSSR count). The SMILES string of the molecule is C[C@@H]1C[C@H](Nc2ccnc3cc(Cl)ccc23)[C@H](C)C[C@@H]1Nc1ccnc2cc(Cl)ccc12. The Hall–Kier alpha value is -2.56. The van der Waals surface area contributed by atoms with Gasteiger partial charge in [0.2, 0.25) is 0 Å². The largest absolute Gasteiger partial charge is 0.381 e. The smallest absolute Gasteiger partial charge is 0.0737 e. The van der Waals surface area contributed by atoms with Gasteiger partial charge in [-0.05, 0) is 73.2 Å². The summed E-state index contributed by atoms with van der Waals surface area (Å²) in [6, 6.07) is 16.7. The van der Waals surface area contributed by atoms with Gasteiger partial charge >= 0.3 is 0 Å². The number of nitrogens with one attached hydrogen (secondary N) is 2. The Balaban J connectivity index is 1.33. The Bertz CT molecular complexity index is 1180. The lowest BCUT2D eigenvalue weighted by atomic mass is 9.76. The topological polar surface area (TPSA) is 49.8 Å². The molecule has 2 heterocycles. The Labute approximate surface area is 198 Å². The molecule has 2 N–H and O–H groups in total. The third-order valence-corrected chi connectivity index (χ3v) is 7.19. The fraction of sp³-hybridized carbons (Fsp3) is 0.308. The van der Waals surface area contributed by atoms with Gasteiger partial charge in [0, 0.05) is 56.7 Å². The van der Waals surface area contributed by atoms with Gasteiger partial charge in [0.15, 0.2) is 0 Å². The predicted molar refractivity (Wildman–Crippen MR) is 136 cm³/mol. The van der Waals surface area contributed by atoms with Gasteiger partial charge in [0.25, 0.3) is 0 Å². The molecule has 0 unspecified atom stereocenters. The van der Waals surface area contributed by atoms with Gasteiger partial charge < -0.3 is 10.6 Å². The van der Waals surface area contributed by atoms with E-state index in [9.17, 15) is 0 Å². The van der Waals surface area contributed by atoms with Crippen molar-refractivity contribution in [1.82, 2.24) is 9.97 Å². The fourth-order valence-corrected chi connectivity index (χ4v) is 5.22. The highest BCUT2D eigenvalue weighted by Gasteiger charge is 2.33. The number of halogens is 2. The van der Waals surface area contributed by atoms with Crippen LogP contribution in [0.2, 0.25) is 10.0 Å². The van der Waals surface area contributed by atoms with E-state index >= 15 is 0 Å². The molecule has 1 aliphatic carbocycles. The molecule has 0 saturated heterocycles. The van der Waals surface area contributed by atoms with Crippen molar-refractivity contribution in [2.24, 2.45) is 11.8 Å². The molecule has 32 heavy (non-hydrogen) atoms. The third-order valence-electron chi connectivity index (χ3n) is 6.72. The first-order valence-electron chi connectivity index (χ1n) is 11.1. The monoisotopic (exact) mass is 464 g/mol. The maximum absolute atomic E-state index is 6.15. The second kappa shape index (κ2) is 8.76. The first-order valence-corrected chi connectivity index (χ1v) is 11.8. The molecule has 2 aromatic heterocycles. The van der Waals surface area contributed by atoms with Crippen LogP contribution >= 0.6 is 23.2 Å². The molecule has 1 fully saturated rings. The average molecular weight is 465 g/mol. The molecule has 0 spiro atoms. The zero-order valence-corrected chi connectivity index (χ0v) is 19.7. The van der Waals surface area contributed by atoms with E-state index in [1.165, 1.54) is 0 Å². The highest BCUT2D eigenvalue weighted by molar-refractivity contribution is 6.31. The van der Waals surface area contributed by atoms with Crippen molar-refractivity contribution >= 4 is 56.4 Å². The van der Waals surface area contributed by atoms with Gasteiger partial charge in [-0.25, -0.2) is 0 Å². The summed E-state index contributed by atoms with van der Waals surface area (Å²) < 4.78 is 0. The Morgan fingerprint density at radius 2 is 1.12 bits per heavy atom. The summed E-state index contributed by atoms with van der Waals surface area (Å²) in [5.74, 6) is 1.03. The summed E-state index contributed by atoms with van der Waals surface area (Å²) in [5.41, 5.74) is 4.09. The van der Waals surface area contributed by atoms with Crippen molar-refractivity contribution in [2.75, 3.05) is 10.6 Å². The second-order valence-corrected chi connectivity index (χ2v) is 9.84. The zero-order valence-electron chi connectivity index (χ0n) is 18.1. The summed E-state index contributed by atoms with van der Waals surface area (Å²) in [4.78, 5) is 8.94. The molecule has 4 nitrogen and oxygen atoms in total. The number of hydrogen-bond donors (Lipinski definition) is 2. The van der Waals surface area contributed by atoms with Gasteiger partial charge in [-0.2, -0.15) is 0 Å². The minimum absolute atomic E-state index is 0.400. The molecule has 0 radical (unpaired) electrons. The number of benzene rings is 2. The summed E-state index contributed by atoms with van der Waals surface area (Å²) in [6.45, 7) is 4.67. The highest BCUT2D eigenvalue weighted by Crippen LogP contribution is 2.36. The van der Waals surface area contributed by atoms with E-state index in [2.05, 4.69) is 58.7 Å².